The molecule has 2 aromatic heterocycles. The molecule has 124 valence electrons. The second kappa shape index (κ2) is 6.10. The van der Waals surface area contributed by atoms with Crippen LogP contribution < -0.4 is 0 Å². The van der Waals surface area contributed by atoms with E-state index in [0.29, 0.717) is 0 Å². The maximum atomic E-state index is 4.93. The molecular weight excluding hydrogens is 328 g/mol. The maximum absolute atomic E-state index is 4.93. The van der Waals surface area contributed by atoms with Gasteiger partial charge in [-0.2, -0.15) is 0 Å². The lowest BCUT2D eigenvalue weighted by Crippen LogP contribution is -2.35. The number of H-pyrrole nitrogens is 1. The van der Waals surface area contributed by atoms with Crippen LogP contribution in [0.5, 0.6) is 0 Å². The first-order valence-electron chi connectivity index (χ1n) is 8.54. The van der Waals surface area contributed by atoms with Crippen molar-refractivity contribution in [2.24, 2.45) is 0 Å². The van der Waals surface area contributed by atoms with Crippen molar-refractivity contribution >= 4 is 21.6 Å². The molecule has 0 saturated heterocycles. The van der Waals surface area contributed by atoms with Crippen molar-refractivity contribution in [2.45, 2.75) is 19.0 Å². The molecule has 5 rings (SSSR count). The number of para-hydroxylation sites is 1. The molecule has 1 aliphatic heterocycles. The average Bonchev–Trinajstić information content (AvgIpc) is 3.28. The fourth-order valence-electron chi connectivity index (χ4n) is 3.59. The van der Waals surface area contributed by atoms with Gasteiger partial charge in [-0.1, -0.05) is 42.5 Å². The minimum atomic E-state index is 0.118. The maximum Gasteiger partial charge on any atom is 0.117 e. The van der Waals surface area contributed by atoms with Crippen molar-refractivity contribution in [2.75, 3.05) is 6.54 Å². The van der Waals surface area contributed by atoms with Crippen LogP contribution in [0.4, 0.5) is 0 Å². The molecule has 4 nitrogen and oxygen atoms in total. The summed E-state index contributed by atoms with van der Waals surface area (Å²) in [6, 6.07) is 19.1. The standard InChI is InChI=1S/C20H18N4S/c1-2-6-14(7-3-1)12-24-11-10-16-18(22-13-21-16)19(24)20-23-15-8-4-5-9-17(15)25-20/h1-9,13,19H,10-12H2,(H,21,22). The highest BCUT2D eigenvalue weighted by atomic mass is 32.1. The highest BCUT2D eigenvalue weighted by molar-refractivity contribution is 7.18. The molecule has 2 aromatic carbocycles. The van der Waals surface area contributed by atoms with Gasteiger partial charge in [0.2, 0.25) is 0 Å². The minimum Gasteiger partial charge on any atom is -0.348 e. The first-order valence-corrected chi connectivity index (χ1v) is 9.36. The normalized spacial score (nSPS) is 17.7. The number of benzene rings is 2. The fraction of sp³-hybridized carbons (Fsp3) is 0.200. The molecule has 1 aliphatic rings. The lowest BCUT2D eigenvalue weighted by molar-refractivity contribution is 0.200. The van der Waals surface area contributed by atoms with Crippen LogP contribution in [0.25, 0.3) is 10.2 Å². The summed E-state index contributed by atoms with van der Waals surface area (Å²) in [7, 11) is 0. The molecule has 1 unspecified atom stereocenters. The smallest absolute Gasteiger partial charge is 0.117 e. The summed E-state index contributed by atoms with van der Waals surface area (Å²) >= 11 is 1.78. The lowest BCUT2D eigenvalue weighted by atomic mass is 10.0. The third kappa shape index (κ3) is 2.65. The van der Waals surface area contributed by atoms with Gasteiger partial charge >= 0.3 is 0 Å². The van der Waals surface area contributed by atoms with Gasteiger partial charge in [0.05, 0.1) is 22.2 Å². The first kappa shape index (κ1) is 14.8. The molecule has 25 heavy (non-hydrogen) atoms. The summed E-state index contributed by atoms with van der Waals surface area (Å²) in [4.78, 5) is 15.4. The molecule has 0 radical (unpaired) electrons. The van der Waals surface area contributed by atoms with Crippen molar-refractivity contribution in [3.63, 3.8) is 0 Å². The molecule has 0 saturated carbocycles. The van der Waals surface area contributed by atoms with Crippen LogP contribution >= 0.6 is 11.3 Å². The Morgan fingerprint density at radius 1 is 1.08 bits per heavy atom. The van der Waals surface area contributed by atoms with E-state index in [0.717, 1.165) is 35.7 Å². The largest absolute Gasteiger partial charge is 0.348 e. The van der Waals surface area contributed by atoms with Crippen molar-refractivity contribution in [1.82, 2.24) is 19.9 Å². The van der Waals surface area contributed by atoms with Crippen LogP contribution in [0.1, 0.15) is 28.0 Å². The van der Waals surface area contributed by atoms with Gasteiger partial charge in [-0.25, -0.2) is 9.97 Å². The molecule has 0 amide bonds. The summed E-state index contributed by atoms with van der Waals surface area (Å²) in [6.07, 6.45) is 2.82. The van der Waals surface area contributed by atoms with Crippen LogP contribution in [-0.4, -0.2) is 26.4 Å². The van der Waals surface area contributed by atoms with Crippen LogP contribution in [0, 0.1) is 0 Å². The van der Waals surface area contributed by atoms with Gasteiger partial charge in [0, 0.05) is 25.2 Å². The van der Waals surface area contributed by atoms with E-state index in [1.807, 2.05) is 6.33 Å². The lowest BCUT2D eigenvalue weighted by Gasteiger charge is -2.33. The number of thiazole rings is 1. The van der Waals surface area contributed by atoms with E-state index in [2.05, 4.69) is 69.5 Å². The number of hydrogen-bond donors (Lipinski definition) is 1. The Morgan fingerprint density at radius 2 is 1.92 bits per heavy atom. The summed E-state index contributed by atoms with van der Waals surface area (Å²) in [5.74, 6) is 0. The van der Waals surface area contributed by atoms with E-state index >= 15 is 0 Å². The molecular formula is C20H18N4S. The van der Waals surface area contributed by atoms with Gasteiger partial charge < -0.3 is 4.98 Å². The van der Waals surface area contributed by atoms with Crippen molar-refractivity contribution in [3.05, 3.63) is 82.9 Å². The number of nitrogens with zero attached hydrogens (tertiary/aromatic N) is 3. The highest BCUT2D eigenvalue weighted by Crippen LogP contribution is 2.37. The number of fused-ring (bicyclic) bond motifs is 2. The van der Waals surface area contributed by atoms with E-state index in [4.69, 9.17) is 4.98 Å². The molecule has 1 N–H and O–H groups in total. The van der Waals surface area contributed by atoms with E-state index in [1.54, 1.807) is 11.3 Å². The number of aromatic amines is 1. The molecule has 0 bridgehead atoms. The van der Waals surface area contributed by atoms with Crippen LogP contribution in [0.15, 0.2) is 60.9 Å². The molecule has 4 aromatic rings. The van der Waals surface area contributed by atoms with Gasteiger partial charge in [0.1, 0.15) is 11.0 Å². The molecule has 3 heterocycles. The fourth-order valence-corrected chi connectivity index (χ4v) is 4.70. The van der Waals surface area contributed by atoms with Gasteiger partial charge in [0.25, 0.3) is 0 Å². The predicted molar refractivity (Wildman–Crippen MR) is 101 cm³/mol. The van der Waals surface area contributed by atoms with Crippen molar-refractivity contribution in [3.8, 4) is 0 Å². The minimum absolute atomic E-state index is 0.118. The van der Waals surface area contributed by atoms with E-state index in [1.165, 1.54) is 16.0 Å². The molecule has 0 fully saturated rings. The van der Waals surface area contributed by atoms with Gasteiger partial charge in [0.15, 0.2) is 0 Å². The third-order valence-electron chi connectivity index (χ3n) is 4.80. The quantitative estimate of drug-likeness (QED) is 0.606. The average molecular weight is 346 g/mol. The Morgan fingerprint density at radius 3 is 2.80 bits per heavy atom. The van der Waals surface area contributed by atoms with Gasteiger partial charge in [-0.3, -0.25) is 4.90 Å². The molecule has 1 atom stereocenters. The number of aromatic nitrogens is 3. The first-order chi connectivity index (χ1) is 12.4. The topological polar surface area (TPSA) is 44.8 Å². The van der Waals surface area contributed by atoms with E-state index in [9.17, 15) is 0 Å². The second-order valence-corrected chi connectivity index (χ2v) is 7.46. The summed E-state index contributed by atoms with van der Waals surface area (Å²) in [6.45, 7) is 1.92. The third-order valence-corrected chi connectivity index (χ3v) is 5.89. The van der Waals surface area contributed by atoms with Crippen LogP contribution in [0.3, 0.4) is 0 Å². The monoisotopic (exact) mass is 346 g/mol. The number of rotatable bonds is 3. The number of hydrogen-bond acceptors (Lipinski definition) is 4. The Bertz CT molecular complexity index is 972. The zero-order valence-corrected chi connectivity index (χ0v) is 14.5. The van der Waals surface area contributed by atoms with Gasteiger partial charge in [-0.15, -0.1) is 11.3 Å². The van der Waals surface area contributed by atoms with E-state index in [-0.39, 0.29) is 6.04 Å². The summed E-state index contributed by atoms with van der Waals surface area (Å²) < 4.78 is 1.24. The van der Waals surface area contributed by atoms with Gasteiger partial charge in [-0.05, 0) is 17.7 Å². The zero-order valence-electron chi connectivity index (χ0n) is 13.7. The van der Waals surface area contributed by atoms with Crippen LogP contribution in [0.2, 0.25) is 0 Å². The predicted octanol–water partition coefficient (Wildman–Crippen LogP) is 4.17. The van der Waals surface area contributed by atoms with Crippen molar-refractivity contribution in [1.29, 1.82) is 0 Å². The number of nitrogens with one attached hydrogen (secondary N) is 1. The highest BCUT2D eigenvalue weighted by Gasteiger charge is 2.33. The zero-order chi connectivity index (χ0) is 16.6. The summed E-state index contributed by atoms with van der Waals surface area (Å²) in [5.41, 5.74) is 4.77. The molecule has 0 spiro atoms. The Kier molecular flexibility index (Phi) is 3.61. The van der Waals surface area contributed by atoms with Crippen molar-refractivity contribution < 1.29 is 0 Å². The Balaban J connectivity index is 1.58. The van der Waals surface area contributed by atoms with E-state index < -0.39 is 0 Å². The van der Waals surface area contributed by atoms with Crippen LogP contribution in [-0.2, 0) is 13.0 Å². The molecule has 5 heteroatoms. The Labute approximate surface area is 150 Å². The molecule has 0 aliphatic carbocycles. The SMILES string of the molecule is c1ccc(CN2CCc3[nH]cnc3C2c2nc3ccccc3s2)cc1. The Hall–Kier alpha value is -2.50. The second-order valence-electron chi connectivity index (χ2n) is 6.39. The number of imidazole rings is 1. The summed E-state index contributed by atoms with van der Waals surface area (Å²) in [5, 5.41) is 1.13.